The highest BCUT2D eigenvalue weighted by Crippen LogP contribution is 2.35. The summed E-state index contributed by atoms with van der Waals surface area (Å²) in [5, 5.41) is 2.79. The van der Waals surface area contributed by atoms with E-state index in [9.17, 15) is 4.79 Å². The van der Waals surface area contributed by atoms with E-state index in [4.69, 9.17) is 14.2 Å². The van der Waals surface area contributed by atoms with E-state index >= 15 is 0 Å². The first-order valence-electron chi connectivity index (χ1n) is 7.12. The monoisotopic (exact) mass is 391 g/mol. The average Bonchev–Trinajstić information content (AvgIpc) is 2.59. The van der Waals surface area contributed by atoms with Gasteiger partial charge in [0.25, 0.3) is 0 Å². The fourth-order valence-electron chi connectivity index (χ4n) is 2.10. The number of benzene rings is 2. The molecule has 126 valence electrons. The first-order valence-corrected chi connectivity index (χ1v) is 7.91. The summed E-state index contributed by atoms with van der Waals surface area (Å²) in [6.45, 7) is 0. The number of amides is 1. The minimum atomic E-state index is -0.245. The summed E-state index contributed by atoms with van der Waals surface area (Å²) in [5.74, 6) is 1.46. The van der Waals surface area contributed by atoms with E-state index in [0.717, 1.165) is 4.47 Å². The van der Waals surface area contributed by atoms with Crippen LogP contribution in [0.3, 0.4) is 0 Å². The van der Waals surface area contributed by atoms with Crippen LogP contribution in [0.5, 0.6) is 17.2 Å². The van der Waals surface area contributed by atoms with Crippen LogP contribution >= 0.6 is 15.9 Å². The van der Waals surface area contributed by atoms with Crippen LogP contribution in [0.25, 0.3) is 6.08 Å². The van der Waals surface area contributed by atoms with Crippen molar-refractivity contribution in [1.82, 2.24) is 0 Å². The van der Waals surface area contributed by atoms with Crippen LogP contribution in [0.2, 0.25) is 0 Å². The van der Waals surface area contributed by atoms with E-state index in [2.05, 4.69) is 21.2 Å². The number of hydrogen-bond acceptors (Lipinski definition) is 4. The smallest absolute Gasteiger partial charge is 0.248 e. The molecule has 1 N–H and O–H groups in total. The van der Waals surface area contributed by atoms with Crippen molar-refractivity contribution < 1.29 is 19.0 Å². The summed E-state index contributed by atoms with van der Waals surface area (Å²) in [4.78, 5) is 12.1. The summed E-state index contributed by atoms with van der Waals surface area (Å²) in [6.07, 6.45) is 3.10. The molecule has 0 aromatic heterocycles. The van der Waals surface area contributed by atoms with Crippen molar-refractivity contribution in [2.45, 2.75) is 0 Å². The number of methoxy groups -OCH3 is 3. The molecule has 0 aliphatic heterocycles. The summed E-state index contributed by atoms with van der Waals surface area (Å²) in [6, 6.07) is 10.8. The Morgan fingerprint density at radius 3 is 2.29 bits per heavy atom. The zero-order valence-electron chi connectivity index (χ0n) is 13.6. The van der Waals surface area contributed by atoms with Crippen molar-refractivity contribution in [3.8, 4) is 17.2 Å². The Morgan fingerprint density at radius 2 is 1.67 bits per heavy atom. The Labute approximate surface area is 149 Å². The molecule has 0 bridgehead atoms. The standard InChI is InChI=1S/C18H18BrNO4/c1-22-15-11-17(24-3)16(23-2)9-12(15)7-8-18(21)20-14-6-4-5-13(19)10-14/h4-11H,1-3H3,(H,20,21)/b8-7+. The van der Waals surface area contributed by atoms with Crippen LogP contribution in [0.15, 0.2) is 46.9 Å². The fraction of sp³-hybridized carbons (Fsp3) is 0.167. The fourth-order valence-corrected chi connectivity index (χ4v) is 2.50. The molecule has 1 amide bonds. The maximum absolute atomic E-state index is 12.1. The number of ether oxygens (including phenoxy) is 3. The van der Waals surface area contributed by atoms with Crippen molar-refractivity contribution in [1.29, 1.82) is 0 Å². The number of nitrogens with one attached hydrogen (secondary N) is 1. The van der Waals surface area contributed by atoms with E-state index in [0.29, 0.717) is 28.5 Å². The first kappa shape index (κ1) is 17.9. The topological polar surface area (TPSA) is 56.8 Å². The van der Waals surface area contributed by atoms with Gasteiger partial charge in [-0.2, -0.15) is 0 Å². The highest BCUT2D eigenvalue weighted by atomic mass is 79.9. The van der Waals surface area contributed by atoms with Gasteiger partial charge in [-0.3, -0.25) is 4.79 Å². The first-order chi connectivity index (χ1) is 11.6. The summed E-state index contributed by atoms with van der Waals surface area (Å²) in [7, 11) is 4.66. The molecule has 0 fully saturated rings. The molecule has 0 spiro atoms. The van der Waals surface area contributed by atoms with Crippen LogP contribution in [-0.2, 0) is 4.79 Å². The number of carbonyl (C=O) groups excluding carboxylic acids is 1. The quantitative estimate of drug-likeness (QED) is 0.752. The van der Waals surface area contributed by atoms with Crippen molar-refractivity contribution in [2.75, 3.05) is 26.6 Å². The van der Waals surface area contributed by atoms with Crippen LogP contribution in [-0.4, -0.2) is 27.2 Å². The SMILES string of the molecule is COc1cc(OC)c(OC)cc1/C=C/C(=O)Nc1cccc(Br)c1. The molecule has 0 unspecified atom stereocenters. The molecule has 0 aliphatic carbocycles. The number of halogens is 1. The van der Waals surface area contributed by atoms with E-state index in [1.54, 1.807) is 39.5 Å². The van der Waals surface area contributed by atoms with E-state index in [1.165, 1.54) is 6.08 Å². The molecule has 2 rings (SSSR count). The molecule has 2 aromatic rings. The van der Waals surface area contributed by atoms with Gasteiger partial charge in [-0.1, -0.05) is 22.0 Å². The molecule has 2 aromatic carbocycles. The predicted octanol–water partition coefficient (Wildman–Crippen LogP) is 4.13. The highest BCUT2D eigenvalue weighted by Gasteiger charge is 2.10. The lowest BCUT2D eigenvalue weighted by Crippen LogP contribution is -2.07. The van der Waals surface area contributed by atoms with Crippen LogP contribution in [0.4, 0.5) is 5.69 Å². The van der Waals surface area contributed by atoms with Gasteiger partial charge in [0.2, 0.25) is 5.91 Å². The summed E-state index contributed by atoms with van der Waals surface area (Å²) >= 11 is 3.36. The molecule has 0 saturated heterocycles. The summed E-state index contributed by atoms with van der Waals surface area (Å²) in [5.41, 5.74) is 1.41. The van der Waals surface area contributed by atoms with Gasteiger partial charge in [0.05, 0.1) is 21.3 Å². The van der Waals surface area contributed by atoms with Gasteiger partial charge in [-0.15, -0.1) is 0 Å². The van der Waals surface area contributed by atoms with E-state index < -0.39 is 0 Å². The van der Waals surface area contributed by atoms with Gasteiger partial charge < -0.3 is 19.5 Å². The zero-order valence-corrected chi connectivity index (χ0v) is 15.2. The van der Waals surface area contributed by atoms with Crippen LogP contribution < -0.4 is 19.5 Å². The molecular formula is C18H18BrNO4. The van der Waals surface area contributed by atoms with Gasteiger partial charge in [-0.05, 0) is 30.3 Å². The maximum atomic E-state index is 12.1. The molecule has 5 nitrogen and oxygen atoms in total. The minimum Gasteiger partial charge on any atom is -0.496 e. The number of anilines is 1. The van der Waals surface area contributed by atoms with Crippen molar-refractivity contribution in [3.05, 3.63) is 52.5 Å². The van der Waals surface area contributed by atoms with Crippen molar-refractivity contribution >= 4 is 33.6 Å². The Balaban J connectivity index is 2.19. The average molecular weight is 392 g/mol. The van der Waals surface area contributed by atoms with Crippen molar-refractivity contribution in [3.63, 3.8) is 0 Å². The van der Waals surface area contributed by atoms with Gasteiger partial charge >= 0.3 is 0 Å². The second-order valence-electron chi connectivity index (χ2n) is 4.78. The molecular weight excluding hydrogens is 374 g/mol. The third-order valence-electron chi connectivity index (χ3n) is 3.24. The number of rotatable bonds is 6. The van der Waals surface area contributed by atoms with E-state index in [1.807, 2.05) is 24.3 Å². The van der Waals surface area contributed by atoms with E-state index in [-0.39, 0.29) is 5.91 Å². The lowest BCUT2D eigenvalue weighted by molar-refractivity contribution is -0.111. The molecule has 0 heterocycles. The third-order valence-corrected chi connectivity index (χ3v) is 3.74. The predicted molar refractivity (Wildman–Crippen MR) is 97.9 cm³/mol. The molecule has 0 saturated carbocycles. The molecule has 0 atom stereocenters. The van der Waals surface area contributed by atoms with Crippen LogP contribution in [0, 0.1) is 0 Å². The molecule has 6 heteroatoms. The molecule has 0 radical (unpaired) electrons. The number of carbonyl (C=O) groups is 1. The van der Waals surface area contributed by atoms with Gasteiger partial charge in [0.15, 0.2) is 11.5 Å². The van der Waals surface area contributed by atoms with Crippen LogP contribution in [0.1, 0.15) is 5.56 Å². The third kappa shape index (κ3) is 4.52. The summed E-state index contributed by atoms with van der Waals surface area (Å²) < 4.78 is 16.7. The van der Waals surface area contributed by atoms with Gasteiger partial charge in [0.1, 0.15) is 5.75 Å². The Kier molecular flexibility index (Phi) is 6.26. The number of hydrogen-bond donors (Lipinski definition) is 1. The Morgan fingerprint density at radius 1 is 1.00 bits per heavy atom. The lowest BCUT2D eigenvalue weighted by atomic mass is 10.1. The molecule has 24 heavy (non-hydrogen) atoms. The Bertz CT molecular complexity index is 759. The normalized spacial score (nSPS) is 10.5. The minimum absolute atomic E-state index is 0.245. The Hall–Kier alpha value is -2.47. The largest absolute Gasteiger partial charge is 0.496 e. The maximum Gasteiger partial charge on any atom is 0.248 e. The zero-order chi connectivity index (χ0) is 17.5. The molecule has 0 aliphatic rings. The highest BCUT2D eigenvalue weighted by molar-refractivity contribution is 9.10. The van der Waals surface area contributed by atoms with Crippen molar-refractivity contribution in [2.24, 2.45) is 0 Å². The van der Waals surface area contributed by atoms with Gasteiger partial charge in [0, 0.05) is 27.9 Å². The second kappa shape index (κ2) is 8.40. The lowest BCUT2D eigenvalue weighted by Gasteiger charge is -2.12. The second-order valence-corrected chi connectivity index (χ2v) is 5.70. The van der Waals surface area contributed by atoms with Gasteiger partial charge in [-0.25, -0.2) is 0 Å².